The number of rotatable bonds is 3. The predicted octanol–water partition coefficient (Wildman–Crippen LogP) is 2.72. The number of methoxy groups -OCH3 is 1. The molecule has 0 aliphatic rings. The van der Waals surface area contributed by atoms with Crippen LogP contribution in [0.4, 0.5) is 4.39 Å². The summed E-state index contributed by atoms with van der Waals surface area (Å²) in [4.78, 5) is 12.5. The van der Waals surface area contributed by atoms with Crippen molar-refractivity contribution in [3.05, 3.63) is 29.8 Å². The Labute approximate surface area is 109 Å². The fraction of sp³-hybridized carbons (Fsp3) is 0.250. The normalized spacial score (nSPS) is 10.4. The number of hydrogen-bond acceptors (Lipinski definition) is 5. The first-order valence-electron chi connectivity index (χ1n) is 5.23. The number of thioether (sulfide) groups is 1. The largest absolute Gasteiger partial charge is 0.479 e. The van der Waals surface area contributed by atoms with Crippen LogP contribution in [-0.4, -0.2) is 28.3 Å². The van der Waals surface area contributed by atoms with Gasteiger partial charge in [-0.2, -0.15) is 0 Å². The van der Waals surface area contributed by atoms with E-state index in [4.69, 9.17) is 4.74 Å². The lowest BCUT2D eigenvalue weighted by Crippen LogP contribution is -1.96. The summed E-state index contributed by atoms with van der Waals surface area (Å²) in [5, 5.41) is 0.654. The number of nitrogens with zero attached hydrogens (tertiary/aromatic N) is 3. The van der Waals surface area contributed by atoms with Crippen LogP contribution in [-0.2, 0) is 0 Å². The van der Waals surface area contributed by atoms with E-state index in [9.17, 15) is 4.39 Å². The summed E-state index contributed by atoms with van der Waals surface area (Å²) in [6.45, 7) is 1.87. The molecule has 2 aromatic heterocycles. The Kier molecular flexibility index (Phi) is 3.76. The maximum Gasteiger partial charge on any atom is 0.250 e. The van der Waals surface area contributed by atoms with Crippen molar-refractivity contribution in [3.63, 3.8) is 0 Å². The van der Waals surface area contributed by atoms with Gasteiger partial charge in [-0.1, -0.05) is 11.8 Å². The van der Waals surface area contributed by atoms with E-state index in [1.54, 1.807) is 6.07 Å². The summed E-state index contributed by atoms with van der Waals surface area (Å²) in [7, 11) is 1.38. The minimum absolute atomic E-state index is 0.0189. The zero-order valence-corrected chi connectivity index (χ0v) is 11.1. The van der Waals surface area contributed by atoms with E-state index in [-0.39, 0.29) is 5.88 Å². The van der Waals surface area contributed by atoms with Gasteiger partial charge in [-0.15, -0.1) is 0 Å². The molecule has 0 aliphatic heterocycles. The molecule has 18 heavy (non-hydrogen) atoms. The molecule has 0 spiro atoms. The van der Waals surface area contributed by atoms with Crippen LogP contribution in [0.3, 0.4) is 0 Å². The van der Waals surface area contributed by atoms with Gasteiger partial charge in [-0.05, 0) is 25.3 Å². The van der Waals surface area contributed by atoms with E-state index in [2.05, 4.69) is 15.0 Å². The highest BCUT2D eigenvalue weighted by Crippen LogP contribution is 2.23. The van der Waals surface area contributed by atoms with Gasteiger partial charge < -0.3 is 4.74 Å². The Balaban J connectivity index is 2.48. The number of ether oxygens (including phenoxy) is 1. The SMILES string of the molecule is COc1ncc(-c2cc(C)nc(SC)n2)cc1F. The van der Waals surface area contributed by atoms with Crippen LogP contribution in [0.15, 0.2) is 23.5 Å². The van der Waals surface area contributed by atoms with Gasteiger partial charge in [0.05, 0.1) is 12.8 Å². The Morgan fingerprint density at radius 2 is 2.06 bits per heavy atom. The van der Waals surface area contributed by atoms with Crippen molar-refractivity contribution in [1.82, 2.24) is 15.0 Å². The van der Waals surface area contributed by atoms with Crippen LogP contribution in [0.1, 0.15) is 5.69 Å². The van der Waals surface area contributed by atoms with Crippen LogP contribution in [0.25, 0.3) is 11.3 Å². The Bertz CT molecular complexity index is 577. The number of aryl methyl sites for hydroxylation is 1. The van der Waals surface area contributed by atoms with Crippen LogP contribution in [0.5, 0.6) is 5.88 Å². The van der Waals surface area contributed by atoms with Crippen molar-refractivity contribution < 1.29 is 9.13 Å². The molecule has 2 rings (SSSR count). The highest BCUT2D eigenvalue weighted by Gasteiger charge is 2.09. The van der Waals surface area contributed by atoms with Crippen LogP contribution < -0.4 is 4.74 Å². The molecule has 0 amide bonds. The summed E-state index contributed by atoms with van der Waals surface area (Å²) in [6.07, 6.45) is 3.43. The molecule has 0 aliphatic carbocycles. The molecule has 0 bridgehead atoms. The zero-order valence-electron chi connectivity index (χ0n) is 10.3. The minimum atomic E-state index is -0.503. The standard InChI is InChI=1S/C12H12FN3OS/c1-7-4-10(16-12(15-7)18-3)8-5-9(13)11(17-2)14-6-8/h4-6H,1-3H3. The quantitative estimate of drug-likeness (QED) is 0.631. The summed E-state index contributed by atoms with van der Waals surface area (Å²) in [6, 6.07) is 3.15. The molecule has 6 heteroatoms. The predicted molar refractivity (Wildman–Crippen MR) is 68.3 cm³/mol. The summed E-state index contributed by atoms with van der Waals surface area (Å²) >= 11 is 1.44. The van der Waals surface area contributed by atoms with Gasteiger partial charge in [0, 0.05) is 17.5 Å². The summed E-state index contributed by atoms with van der Waals surface area (Å²) in [5.74, 6) is -0.522. The zero-order chi connectivity index (χ0) is 13.1. The van der Waals surface area contributed by atoms with E-state index in [0.717, 1.165) is 5.69 Å². The van der Waals surface area contributed by atoms with Gasteiger partial charge in [0.2, 0.25) is 5.88 Å². The first kappa shape index (κ1) is 12.8. The third-order valence-electron chi connectivity index (χ3n) is 2.31. The van der Waals surface area contributed by atoms with E-state index >= 15 is 0 Å². The van der Waals surface area contributed by atoms with Crippen molar-refractivity contribution in [1.29, 1.82) is 0 Å². The molecule has 4 nitrogen and oxygen atoms in total. The van der Waals surface area contributed by atoms with Crippen LogP contribution >= 0.6 is 11.8 Å². The van der Waals surface area contributed by atoms with Crippen molar-refractivity contribution in [2.75, 3.05) is 13.4 Å². The number of halogens is 1. The van der Waals surface area contributed by atoms with E-state index in [0.29, 0.717) is 16.4 Å². The molecule has 94 valence electrons. The first-order valence-corrected chi connectivity index (χ1v) is 6.46. The van der Waals surface area contributed by atoms with Crippen molar-refractivity contribution in [2.24, 2.45) is 0 Å². The van der Waals surface area contributed by atoms with Crippen molar-refractivity contribution >= 4 is 11.8 Å². The first-order chi connectivity index (χ1) is 8.63. The maximum absolute atomic E-state index is 13.6. The third kappa shape index (κ3) is 2.59. The van der Waals surface area contributed by atoms with Crippen LogP contribution in [0, 0.1) is 12.7 Å². The molecule has 2 heterocycles. The highest BCUT2D eigenvalue weighted by molar-refractivity contribution is 7.98. The Hall–Kier alpha value is -1.69. The van der Waals surface area contributed by atoms with Crippen molar-refractivity contribution in [2.45, 2.75) is 12.1 Å². The minimum Gasteiger partial charge on any atom is -0.479 e. The lowest BCUT2D eigenvalue weighted by atomic mass is 10.2. The van der Waals surface area contributed by atoms with Gasteiger partial charge in [-0.25, -0.2) is 19.3 Å². The molecular formula is C12H12FN3OS. The smallest absolute Gasteiger partial charge is 0.250 e. The molecule has 0 radical (unpaired) electrons. The molecule has 0 saturated carbocycles. The Morgan fingerprint density at radius 3 is 2.67 bits per heavy atom. The average Bonchev–Trinajstić information content (AvgIpc) is 2.37. The monoisotopic (exact) mass is 265 g/mol. The second kappa shape index (κ2) is 5.30. The van der Waals surface area contributed by atoms with E-state index in [1.807, 2.05) is 13.2 Å². The Morgan fingerprint density at radius 1 is 1.28 bits per heavy atom. The number of aromatic nitrogens is 3. The maximum atomic E-state index is 13.6. The fourth-order valence-electron chi connectivity index (χ4n) is 1.50. The van der Waals surface area contributed by atoms with Gasteiger partial charge in [0.1, 0.15) is 0 Å². The van der Waals surface area contributed by atoms with E-state index in [1.165, 1.54) is 31.1 Å². The second-order valence-electron chi connectivity index (χ2n) is 3.60. The van der Waals surface area contributed by atoms with Gasteiger partial charge in [-0.3, -0.25) is 0 Å². The highest BCUT2D eigenvalue weighted by atomic mass is 32.2. The lowest BCUT2D eigenvalue weighted by Gasteiger charge is -2.06. The average molecular weight is 265 g/mol. The fourth-order valence-corrected chi connectivity index (χ4v) is 1.92. The second-order valence-corrected chi connectivity index (χ2v) is 4.37. The summed E-state index contributed by atoms with van der Waals surface area (Å²) in [5.41, 5.74) is 2.09. The number of hydrogen-bond donors (Lipinski definition) is 0. The van der Waals surface area contributed by atoms with Gasteiger partial charge >= 0.3 is 0 Å². The van der Waals surface area contributed by atoms with E-state index < -0.39 is 5.82 Å². The molecule has 0 fully saturated rings. The topological polar surface area (TPSA) is 47.9 Å². The molecule has 0 N–H and O–H groups in total. The summed E-state index contributed by atoms with van der Waals surface area (Å²) < 4.78 is 18.4. The third-order valence-corrected chi connectivity index (χ3v) is 2.86. The molecule has 0 unspecified atom stereocenters. The molecule has 2 aromatic rings. The molecule has 0 atom stereocenters. The molecule has 0 saturated heterocycles. The van der Waals surface area contributed by atoms with Gasteiger partial charge in [0.25, 0.3) is 0 Å². The number of pyridine rings is 1. The van der Waals surface area contributed by atoms with Crippen molar-refractivity contribution in [3.8, 4) is 17.1 Å². The van der Waals surface area contributed by atoms with Crippen LogP contribution in [0.2, 0.25) is 0 Å². The molecular weight excluding hydrogens is 253 g/mol. The lowest BCUT2D eigenvalue weighted by molar-refractivity contribution is 0.369. The van der Waals surface area contributed by atoms with Gasteiger partial charge in [0.15, 0.2) is 11.0 Å². The molecule has 0 aromatic carbocycles.